The van der Waals surface area contributed by atoms with Gasteiger partial charge >= 0.3 is 0 Å². The van der Waals surface area contributed by atoms with E-state index in [4.69, 9.17) is 10.7 Å². The van der Waals surface area contributed by atoms with Crippen molar-refractivity contribution < 1.29 is 5.11 Å². The van der Waals surface area contributed by atoms with Gasteiger partial charge in [0.05, 0.1) is 17.5 Å². The van der Waals surface area contributed by atoms with Gasteiger partial charge in [-0.05, 0) is 37.0 Å². The molecule has 2 aromatic carbocycles. The number of nitrogens with zero attached hydrogens (tertiary/aromatic N) is 4. The Morgan fingerprint density at radius 1 is 1.00 bits per heavy atom. The second-order valence-electron chi connectivity index (χ2n) is 8.77. The number of aliphatic hydroxyl groups is 1. The number of nitrogens with two attached hydrogens (primary N) is 1. The van der Waals surface area contributed by atoms with Gasteiger partial charge in [-0.25, -0.2) is 9.97 Å². The largest absolute Gasteiger partial charge is 0.393 e. The van der Waals surface area contributed by atoms with Crippen molar-refractivity contribution in [3.05, 3.63) is 84.2 Å². The van der Waals surface area contributed by atoms with Crippen molar-refractivity contribution in [1.82, 2.24) is 19.6 Å². The molecule has 0 unspecified atom stereocenters. The molecule has 6 nitrogen and oxygen atoms in total. The van der Waals surface area contributed by atoms with Gasteiger partial charge in [-0.1, -0.05) is 54.6 Å². The van der Waals surface area contributed by atoms with E-state index in [1.54, 1.807) is 0 Å². The third kappa shape index (κ3) is 2.99. The van der Waals surface area contributed by atoms with Crippen LogP contribution in [0.1, 0.15) is 24.1 Å². The Morgan fingerprint density at radius 2 is 1.75 bits per heavy atom. The molecule has 5 aromatic rings. The average Bonchev–Trinajstić information content (AvgIpc) is 3.19. The van der Waals surface area contributed by atoms with Gasteiger partial charge in [0.15, 0.2) is 11.3 Å². The van der Waals surface area contributed by atoms with Gasteiger partial charge in [-0.3, -0.25) is 0 Å². The van der Waals surface area contributed by atoms with Crippen molar-refractivity contribution in [2.75, 3.05) is 0 Å². The Balaban J connectivity index is 1.56. The van der Waals surface area contributed by atoms with Crippen LogP contribution < -0.4 is 5.73 Å². The topological polar surface area (TPSA) is 89.3 Å². The molecule has 3 N–H and O–H groups in total. The van der Waals surface area contributed by atoms with Crippen LogP contribution in [0.3, 0.4) is 0 Å². The summed E-state index contributed by atoms with van der Waals surface area (Å²) >= 11 is 0. The highest BCUT2D eigenvalue weighted by atomic mass is 16.3. The van der Waals surface area contributed by atoms with E-state index in [1.807, 2.05) is 41.9 Å². The molecule has 158 valence electrons. The molecular weight excluding hydrogens is 398 g/mol. The Morgan fingerprint density at radius 3 is 2.47 bits per heavy atom. The first-order valence-electron chi connectivity index (χ1n) is 10.8. The summed E-state index contributed by atoms with van der Waals surface area (Å²) in [5.41, 5.74) is 13.6. The lowest BCUT2D eigenvalue weighted by molar-refractivity contribution is 0.0209. The van der Waals surface area contributed by atoms with Crippen LogP contribution in [0.15, 0.2) is 72.9 Å². The number of aliphatic hydroxyl groups excluding tert-OH is 1. The van der Waals surface area contributed by atoms with E-state index in [0.717, 1.165) is 50.3 Å². The summed E-state index contributed by atoms with van der Waals surface area (Å²) in [5, 5.41) is 15.3. The second kappa shape index (κ2) is 6.95. The quantitative estimate of drug-likeness (QED) is 0.455. The van der Waals surface area contributed by atoms with Gasteiger partial charge < -0.3 is 10.8 Å². The molecule has 0 spiro atoms. The second-order valence-corrected chi connectivity index (χ2v) is 8.77. The SMILES string of the molecule is Cc1cc2ncc3cc(-c4ccccc4)c(-c4ccc(C5(N)CC(O)C5)cc4)nc3n2n1. The summed E-state index contributed by atoms with van der Waals surface area (Å²) in [5.74, 6) is 0. The van der Waals surface area contributed by atoms with E-state index in [1.165, 1.54) is 0 Å². The average molecular weight is 422 g/mol. The number of aryl methyl sites for hydroxylation is 1. The summed E-state index contributed by atoms with van der Waals surface area (Å²) in [7, 11) is 0. The Bertz CT molecular complexity index is 1450. The summed E-state index contributed by atoms with van der Waals surface area (Å²) in [6, 6.07) is 22.6. The maximum atomic E-state index is 9.73. The van der Waals surface area contributed by atoms with Crippen LogP contribution in [0.25, 0.3) is 39.1 Å². The lowest BCUT2D eigenvalue weighted by Gasteiger charge is -2.42. The third-order valence-corrected chi connectivity index (χ3v) is 6.40. The Hall–Kier alpha value is -3.61. The first-order valence-corrected chi connectivity index (χ1v) is 10.8. The summed E-state index contributed by atoms with van der Waals surface area (Å²) < 4.78 is 1.81. The number of rotatable bonds is 3. The lowest BCUT2D eigenvalue weighted by atomic mass is 9.70. The molecule has 0 aliphatic heterocycles. The number of pyridine rings is 1. The zero-order valence-corrected chi connectivity index (χ0v) is 17.7. The van der Waals surface area contributed by atoms with Gasteiger partial charge in [0.1, 0.15) is 0 Å². The van der Waals surface area contributed by atoms with E-state index in [9.17, 15) is 5.11 Å². The molecule has 1 aliphatic carbocycles. The van der Waals surface area contributed by atoms with Crippen molar-refractivity contribution in [2.24, 2.45) is 5.73 Å². The van der Waals surface area contributed by atoms with Gasteiger partial charge in [0, 0.05) is 34.3 Å². The highest BCUT2D eigenvalue weighted by Crippen LogP contribution is 2.40. The number of hydrogen-bond donors (Lipinski definition) is 2. The van der Waals surface area contributed by atoms with E-state index >= 15 is 0 Å². The van der Waals surface area contributed by atoms with Gasteiger partial charge in [-0.2, -0.15) is 9.61 Å². The molecule has 0 radical (unpaired) electrons. The van der Waals surface area contributed by atoms with Crippen molar-refractivity contribution >= 4 is 16.7 Å². The van der Waals surface area contributed by atoms with Crippen LogP contribution in [0.4, 0.5) is 0 Å². The molecule has 0 amide bonds. The maximum absolute atomic E-state index is 9.73. The normalized spacial score (nSPS) is 20.5. The molecule has 32 heavy (non-hydrogen) atoms. The van der Waals surface area contributed by atoms with E-state index in [0.29, 0.717) is 12.8 Å². The van der Waals surface area contributed by atoms with Crippen LogP contribution in [0.2, 0.25) is 0 Å². The zero-order chi connectivity index (χ0) is 21.9. The molecule has 6 rings (SSSR count). The Labute approximate surface area is 185 Å². The summed E-state index contributed by atoms with van der Waals surface area (Å²) in [6.45, 7) is 1.96. The van der Waals surface area contributed by atoms with Gasteiger partial charge in [0.25, 0.3) is 0 Å². The molecule has 6 heteroatoms. The van der Waals surface area contributed by atoms with E-state index < -0.39 is 5.54 Å². The predicted octanol–water partition coefficient (Wildman–Crippen LogP) is 4.23. The number of aromatic nitrogens is 4. The minimum atomic E-state index is -0.443. The molecule has 1 saturated carbocycles. The molecule has 3 aromatic heterocycles. The van der Waals surface area contributed by atoms with Crippen LogP contribution in [-0.4, -0.2) is 30.8 Å². The van der Waals surface area contributed by atoms with Crippen molar-refractivity contribution in [2.45, 2.75) is 31.4 Å². The molecule has 1 fully saturated rings. The number of hydrogen-bond acceptors (Lipinski definition) is 5. The van der Waals surface area contributed by atoms with Crippen LogP contribution in [0, 0.1) is 6.92 Å². The Kier molecular flexibility index (Phi) is 4.15. The van der Waals surface area contributed by atoms with Crippen molar-refractivity contribution in [1.29, 1.82) is 0 Å². The molecule has 3 heterocycles. The van der Waals surface area contributed by atoms with Crippen molar-refractivity contribution in [3.63, 3.8) is 0 Å². The number of benzene rings is 2. The first kappa shape index (κ1) is 19.1. The minimum absolute atomic E-state index is 0.306. The summed E-state index contributed by atoms with van der Waals surface area (Å²) in [4.78, 5) is 9.64. The predicted molar refractivity (Wildman–Crippen MR) is 125 cm³/mol. The smallest absolute Gasteiger partial charge is 0.165 e. The van der Waals surface area contributed by atoms with Gasteiger partial charge in [-0.15, -0.1) is 0 Å². The fraction of sp³-hybridized carbons (Fsp3) is 0.192. The maximum Gasteiger partial charge on any atom is 0.165 e. The van der Waals surface area contributed by atoms with Crippen LogP contribution in [-0.2, 0) is 5.54 Å². The van der Waals surface area contributed by atoms with Gasteiger partial charge in [0.2, 0.25) is 0 Å². The van der Waals surface area contributed by atoms with E-state index in [2.05, 4.69) is 52.5 Å². The summed E-state index contributed by atoms with van der Waals surface area (Å²) in [6.07, 6.45) is 2.75. The fourth-order valence-corrected chi connectivity index (χ4v) is 4.69. The molecule has 0 bridgehead atoms. The standard InChI is InChI=1S/C26H23N5O/c1-16-11-23-28-15-19-12-22(17-5-3-2-4-6-17)24(29-25(19)31(23)30-16)18-7-9-20(10-8-18)26(27)13-21(32)14-26/h2-12,15,21,32H,13-14,27H2,1H3. The lowest BCUT2D eigenvalue weighted by Crippen LogP contribution is -2.51. The first-order chi connectivity index (χ1) is 15.5. The number of fused-ring (bicyclic) bond motifs is 3. The molecular formula is C26H23N5O. The minimum Gasteiger partial charge on any atom is -0.393 e. The molecule has 0 saturated heterocycles. The zero-order valence-electron chi connectivity index (χ0n) is 17.7. The monoisotopic (exact) mass is 421 g/mol. The van der Waals surface area contributed by atoms with Crippen LogP contribution in [0.5, 0.6) is 0 Å². The van der Waals surface area contributed by atoms with E-state index in [-0.39, 0.29) is 6.10 Å². The van der Waals surface area contributed by atoms with Crippen LogP contribution >= 0.6 is 0 Å². The van der Waals surface area contributed by atoms with Crippen molar-refractivity contribution in [3.8, 4) is 22.4 Å². The third-order valence-electron chi connectivity index (χ3n) is 6.40. The molecule has 0 atom stereocenters. The molecule has 1 aliphatic rings. The highest BCUT2D eigenvalue weighted by Gasteiger charge is 2.41. The fourth-order valence-electron chi connectivity index (χ4n) is 4.69. The highest BCUT2D eigenvalue weighted by molar-refractivity contribution is 5.90.